The van der Waals surface area contributed by atoms with Crippen molar-refractivity contribution in [2.45, 2.75) is 38.3 Å². The number of likely N-dealkylation sites (N-methyl/N-ethyl adjacent to an activating group) is 1. The Morgan fingerprint density at radius 1 is 1.05 bits per heavy atom. The number of ether oxygens (including phenoxy) is 1. The minimum atomic E-state index is -5.04. The number of dihydropyridines is 1. The van der Waals surface area contributed by atoms with Gasteiger partial charge in [-0.3, -0.25) is 14.5 Å². The largest absolute Gasteiger partial charge is 0.481 e. The second kappa shape index (κ2) is 11.3. The van der Waals surface area contributed by atoms with Gasteiger partial charge in [-0.2, -0.15) is 26.3 Å². The van der Waals surface area contributed by atoms with Gasteiger partial charge in [0.25, 0.3) is 5.91 Å². The third-order valence-electron chi connectivity index (χ3n) is 7.28. The Kier molecular flexibility index (Phi) is 8.36. The summed E-state index contributed by atoms with van der Waals surface area (Å²) in [5.41, 5.74) is -3.49. The molecule has 3 heterocycles. The highest BCUT2D eigenvalue weighted by molar-refractivity contribution is 6.11. The number of nitrogens with zero attached hydrogens (tertiary/aromatic N) is 4. The number of piperazine rings is 1. The fourth-order valence-electron chi connectivity index (χ4n) is 4.88. The predicted molar refractivity (Wildman–Crippen MR) is 140 cm³/mol. The van der Waals surface area contributed by atoms with E-state index in [-0.39, 0.29) is 35.1 Å². The van der Waals surface area contributed by atoms with Crippen LogP contribution in [-0.4, -0.2) is 73.4 Å². The van der Waals surface area contributed by atoms with Crippen molar-refractivity contribution in [2.75, 3.05) is 37.5 Å². The molecule has 1 aromatic heterocycles. The number of halogens is 7. The molecule has 1 fully saturated rings. The fourth-order valence-corrected chi connectivity index (χ4v) is 4.88. The summed E-state index contributed by atoms with van der Waals surface area (Å²) in [7, 11) is 2.88. The van der Waals surface area contributed by atoms with Crippen LogP contribution in [0.2, 0.25) is 0 Å². The molecular formula is C27H26F7N5O3. The molecule has 0 bridgehead atoms. The number of pyridine rings is 1. The quantitative estimate of drug-likeness (QED) is 0.481. The highest BCUT2D eigenvalue weighted by atomic mass is 19.4. The van der Waals surface area contributed by atoms with Crippen molar-refractivity contribution < 1.29 is 45.1 Å². The van der Waals surface area contributed by atoms with E-state index in [0.29, 0.717) is 25.4 Å². The van der Waals surface area contributed by atoms with Crippen LogP contribution in [-0.2, 0) is 15.8 Å². The Hall–Kier alpha value is -4.01. The molecule has 2 aliphatic rings. The standard InChI is InChI=1S/C27H26F7N5O3/c1-13-11-39(12-14(2)38(13)3)22-8-20(28)16(15-5-19(27(32,33)34)25(42-4)36-9-15)6-21(22)37-24(41)17-10-35-23(40)7-18(17)26(29,30)31/h5-10,13-14,17H,11-12H2,1-4H3,(H,37,41)/t13-,14+,17?. The van der Waals surface area contributed by atoms with E-state index in [2.05, 4.69) is 24.9 Å². The summed E-state index contributed by atoms with van der Waals surface area (Å²) in [4.78, 5) is 35.5. The minimum Gasteiger partial charge on any atom is -0.481 e. The van der Waals surface area contributed by atoms with Crippen molar-refractivity contribution >= 4 is 29.4 Å². The number of hydrogen-bond donors (Lipinski definition) is 1. The Morgan fingerprint density at radius 2 is 1.69 bits per heavy atom. The van der Waals surface area contributed by atoms with E-state index in [1.807, 2.05) is 20.9 Å². The number of carbonyl (C=O) groups is 2. The Labute approximate surface area is 235 Å². The summed E-state index contributed by atoms with van der Waals surface area (Å²) in [5, 5.41) is 2.37. The highest BCUT2D eigenvalue weighted by Gasteiger charge is 2.43. The summed E-state index contributed by atoms with van der Waals surface area (Å²) in [5.74, 6) is -6.12. The number of nitrogens with one attached hydrogen (secondary N) is 1. The summed E-state index contributed by atoms with van der Waals surface area (Å²) < 4.78 is 102. The fraction of sp³-hybridized carbons (Fsp3) is 0.407. The van der Waals surface area contributed by atoms with Crippen molar-refractivity contribution in [1.82, 2.24) is 9.88 Å². The van der Waals surface area contributed by atoms with Crippen LogP contribution in [0.25, 0.3) is 11.1 Å². The number of anilines is 2. The molecule has 8 nitrogen and oxygen atoms in total. The van der Waals surface area contributed by atoms with Crippen molar-refractivity contribution in [3.63, 3.8) is 0 Å². The molecule has 1 aromatic carbocycles. The maximum Gasteiger partial charge on any atom is 0.421 e. The second-order valence-electron chi connectivity index (χ2n) is 10.1. The van der Waals surface area contributed by atoms with Gasteiger partial charge in [0.2, 0.25) is 11.8 Å². The maximum atomic E-state index is 15.6. The van der Waals surface area contributed by atoms with E-state index < -0.39 is 58.5 Å². The lowest BCUT2D eigenvalue weighted by Crippen LogP contribution is -2.55. The van der Waals surface area contributed by atoms with Gasteiger partial charge < -0.3 is 15.0 Å². The van der Waals surface area contributed by atoms with Gasteiger partial charge in [-0.25, -0.2) is 14.4 Å². The molecule has 15 heteroatoms. The van der Waals surface area contributed by atoms with Gasteiger partial charge in [0, 0.05) is 54.8 Å². The van der Waals surface area contributed by atoms with Crippen LogP contribution >= 0.6 is 0 Å². The van der Waals surface area contributed by atoms with E-state index in [4.69, 9.17) is 0 Å². The number of carbonyl (C=O) groups excluding carboxylic acids is 2. The maximum absolute atomic E-state index is 15.6. The molecule has 2 amide bonds. The zero-order chi connectivity index (χ0) is 31.1. The van der Waals surface area contributed by atoms with Crippen LogP contribution in [0.4, 0.5) is 42.1 Å². The van der Waals surface area contributed by atoms with E-state index in [1.165, 1.54) is 0 Å². The number of aliphatic imine (C=N–C) groups is 1. The molecule has 2 aromatic rings. The average molecular weight is 602 g/mol. The first kappa shape index (κ1) is 30.9. The molecule has 42 heavy (non-hydrogen) atoms. The summed E-state index contributed by atoms with van der Waals surface area (Å²) in [6, 6.07) is 2.58. The van der Waals surface area contributed by atoms with Crippen LogP contribution in [0.5, 0.6) is 5.88 Å². The Balaban J connectivity index is 1.83. The molecular weight excluding hydrogens is 575 g/mol. The molecule has 226 valence electrons. The lowest BCUT2D eigenvalue weighted by molar-refractivity contribution is -0.139. The van der Waals surface area contributed by atoms with Crippen molar-refractivity contribution in [1.29, 1.82) is 0 Å². The van der Waals surface area contributed by atoms with Crippen LogP contribution in [0, 0.1) is 11.7 Å². The predicted octanol–water partition coefficient (Wildman–Crippen LogP) is 5.10. The zero-order valence-electron chi connectivity index (χ0n) is 22.8. The number of rotatable bonds is 5. The average Bonchev–Trinajstić information content (AvgIpc) is 2.90. The molecule has 1 saturated heterocycles. The second-order valence-corrected chi connectivity index (χ2v) is 10.1. The van der Waals surface area contributed by atoms with Crippen LogP contribution < -0.4 is 15.0 Å². The summed E-state index contributed by atoms with van der Waals surface area (Å²) in [6.45, 7) is 4.50. The molecule has 4 rings (SSSR count). The van der Waals surface area contributed by atoms with Gasteiger partial charge in [0.05, 0.1) is 24.1 Å². The lowest BCUT2D eigenvalue weighted by atomic mass is 9.95. The third kappa shape index (κ3) is 6.25. The molecule has 0 spiro atoms. The van der Waals surface area contributed by atoms with Gasteiger partial charge in [-0.15, -0.1) is 0 Å². The first-order valence-corrected chi connectivity index (χ1v) is 12.6. The molecule has 0 radical (unpaired) electrons. The first-order chi connectivity index (χ1) is 19.5. The highest BCUT2D eigenvalue weighted by Crippen LogP contribution is 2.41. The monoisotopic (exact) mass is 601 g/mol. The topological polar surface area (TPSA) is 87.1 Å². The van der Waals surface area contributed by atoms with Gasteiger partial charge >= 0.3 is 12.4 Å². The van der Waals surface area contributed by atoms with Crippen LogP contribution in [0.15, 0.2) is 41.0 Å². The van der Waals surface area contributed by atoms with Crippen molar-refractivity contribution in [2.24, 2.45) is 10.9 Å². The number of amides is 2. The molecule has 0 aliphatic carbocycles. The minimum absolute atomic E-state index is 0.0450. The summed E-state index contributed by atoms with van der Waals surface area (Å²) >= 11 is 0. The molecule has 2 aliphatic heterocycles. The van der Waals surface area contributed by atoms with Gasteiger partial charge in [0.15, 0.2) is 0 Å². The number of benzene rings is 1. The first-order valence-electron chi connectivity index (χ1n) is 12.6. The zero-order valence-corrected chi connectivity index (χ0v) is 22.8. The molecule has 3 atom stereocenters. The number of alkyl halides is 6. The number of hydrogen-bond acceptors (Lipinski definition) is 6. The molecule has 0 saturated carbocycles. The van der Waals surface area contributed by atoms with E-state index in [1.54, 1.807) is 4.90 Å². The normalized spacial score (nSPS) is 21.8. The van der Waals surface area contributed by atoms with Crippen LogP contribution in [0.3, 0.4) is 0 Å². The van der Waals surface area contributed by atoms with Crippen LogP contribution in [0.1, 0.15) is 19.4 Å². The van der Waals surface area contributed by atoms with Crippen molar-refractivity contribution in [3.05, 3.63) is 47.4 Å². The van der Waals surface area contributed by atoms with Gasteiger partial charge in [0.1, 0.15) is 17.3 Å². The SMILES string of the molecule is COc1ncc(-c2cc(NC(=O)C3C=NC(=O)C=C3C(F)(F)F)c(N3C[C@@H](C)N(C)[C@@H](C)C3)cc2F)cc1C(F)(F)F. The Bertz CT molecular complexity index is 1440. The smallest absolute Gasteiger partial charge is 0.421 e. The van der Waals surface area contributed by atoms with Crippen molar-refractivity contribution in [3.8, 4) is 17.0 Å². The van der Waals surface area contributed by atoms with E-state index >= 15 is 4.39 Å². The third-order valence-corrected chi connectivity index (χ3v) is 7.28. The molecule has 1 N–H and O–H groups in total. The van der Waals surface area contributed by atoms with E-state index in [9.17, 15) is 35.9 Å². The summed E-state index contributed by atoms with van der Waals surface area (Å²) in [6.07, 6.45) is -8.21. The number of methoxy groups -OCH3 is 1. The Morgan fingerprint density at radius 3 is 2.26 bits per heavy atom. The molecule has 1 unspecified atom stereocenters. The van der Waals surface area contributed by atoms with E-state index in [0.717, 1.165) is 25.4 Å². The lowest BCUT2D eigenvalue weighted by Gasteiger charge is -2.44. The van der Waals surface area contributed by atoms with Gasteiger partial charge in [-0.1, -0.05) is 0 Å². The number of aromatic nitrogens is 1. The van der Waals surface area contributed by atoms with Gasteiger partial charge in [-0.05, 0) is 39.1 Å².